The second-order valence-electron chi connectivity index (χ2n) is 5.05. The van der Waals surface area contributed by atoms with Crippen LogP contribution in [0.3, 0.4) is 0 Å². The zero-order valence-electron chi connectivity index (χ0n) is 10.3. The molecule has 1 unspecified atom stereocenters. The largest absolute Gasteiger partial charge is 0.383 e. The third-order valence-corrected chi connectivity index (χ3v) is 4.23. The van der Waals surface area contributed by atoms with E-state index in [0.29, 0.717) is 11.9 Å². The van der Waals surface area contributed by atoms with Crippen molar-refractivity contribution < 1.29 is 0 Å². The van der Waals surface area contributed by atoms with Crippen molar-refractivity contribution >= 4 is 27.7 Å². The summed E-state index contributed by atoms with van der Waals surface area (Å²) in [5.74, 6) is 1.28. The quantitative estimate of drug-likeness (QED) is 0.796. The van der Waals surface area contributed by atoms with E-state index in [-0.39, 0.29) is 0 Å². The molecule has 0 aromatic carbocycles. The Morgan fingerprint density at radius 1 is 1.22 bits per heavy atom. The zero-order valence-corrected chi connectivity index (χ0v) is 11.9. The number of rotatable bonds is 1. The molecule has 0 radical (unpaired) electrons. The van der Waals surface area contributed by atoms with Gasteiger partial charge < -0.3 is 10.6 Å². The SMILES string of the molecule is Nc1cc(Br)nc(N2CCN3CCCCC3C2)n1. The molecule has 1 aromatic heterocycles. The van der Waals surface area contributed by atoms with E-state index in [4.69, 9.17) is 5.73 Å². The van der Waals surface area contributed by atoms with E-state index < -0.39 is 0 Å². The van der Waals surface area contributed by atoms with Gasteiger partial charge in [-0.25, -0.2) is 4.98 Å². The second kappa shape index (κ2) is 5.01. The summed E-state index contributed by atoms with van der Waals surface area (Å²) in [7, 11) is 0. The van der Waals surface area contributed by atoms with Gasteiger partial charge in [0.25, 0.3) is 0 Å². The molecule has 1 atom stereocenters. The molecule has 98 valence electrons. The van der Waals surface area contributed by atoms with Crippen LogP contribution in [0, 0.1) is 0 Å². The lowest BCUT2D eigenvalue weighted by Gasteiger charge is -2.44. The van der Waals surface area contributed by atoms with Crippen LogP contribution in [0.2, 0.25) is 0 Å². The third-order valence-electron chi connectivity index (χ3n) is 3.82. The molecule has 3 heterocycles. The van der Waals surface area contributed by atoms with Gasteiger partial charge in [-0.3, -0.25) is 4.90 Å². The smallest absolute Gasteiger partial charge is 0.228 e. The topological polar surface area (TPSA) is 58.3 Å². The Hall–Kier alpha value is -0.880. The van der Waals surface area contributed by atoms with Crippen molar-refractivity contribution in [2.24, 2.45) is 0 Å². The summed E-state index contributed by atoms with van der Waals surface area (Å²) < 4.78 is 0.760. The number of hydrogen-bond acceptors (Lipinski definition) is 5. The summed E-state index contributed by atoms with van der Waals surface area (Å²) >= 11 is 3.38. The van der Waals surface area contributed by atoms with Crippen LogP contribution in [-0.2, 0) is 0 Å². The van der Waals surface area contributed by atoms with Crippen molar-refractivity contribution in [1.82, 2.24) is 14.9 Å². The van der Waals surface area contributed by atoms with Crippen LogP contribution in [0.5, 0.6) is 0 Å². The first-order chi connectivity index (χ1) is 8.72. The Bertz CT molecular complexity index is 418. The average molecular weight is 312 g/mol. The zero-order chi connectivity index (χ0) is 12.5. The Labute approximate surface area is 116 Å². The monoisotopic (exact) mass is 311 g/mol. The van der Waals surface area contributed by atoms with Crippen molar-refractivity contribution in [2.75, 3.05) is 36.8 Å². The first-order valence-electron chi connectivity index (χ1n) is 6.51. The molecule has 2 saturated heterocycles. The number of nitrogens with two attached hydrogens (primary N) is 1. The predicted molar refractivity (Wildman–Crippen MR) is 75.6 cm³/mol. The molecule has 0 bridgehead atoms. The standard InChI is InChI=1S/C12H18BrN5/c13-10-7-11(14)16-12(15-10)18-6-5-17-4-2-1-3-9(17)8-18/h7,9H,1-6,8H2,(H2,14,15,16). The lowest BCUT2D eigenvalue weighted by Crippen LogP contribution is -2.55. The van der Waals surface area contributed by atoms with E-state index in [1.165, 1.54) is 25.8 Å². The summed E-state index contributed by atoms with van der Waals surface area (Å²) in [6.45, 7) is 4.38. The number of nitrogens with zero attached hydrogens (tertiary/aromatic N) is 4. The van der Waals surface area contributed by atoms with Gasteiger partial charge in [-0.1, -0.05) is 6.42 Å². The summed E-state index contributed by atoms with van der Waals surface area (Å²) in [6, 6.07) is 2.40. The summed E-state index contributed by atoms with van der Waals surface area (Å²) in [6.07, 6.45) is 3.98. The predicted octanol–water partition coefficient (Wildman–Crippen LogP) is 1.50. The third kappa shape index (κ3) is 2.44. The Morgan fingerprint density at radius 3 is 2.94 bits per heavy atom. The molecule has 0 aliphatic carbocycles. The first kappa shape index (κ1) is 12.2. The lowest BCUT2D eigenvalue weighted by atomic mass is 10.00. The van der Waals surface area contributed by atoms with Gasteiger partial charge >= 0.3 is 0 Å². The lowest BCUT2D eigenvalue weighted by molar-refractivity contribution is 0.133. The van der Waals surface area contributed by atoms with Crippen LogP contribution in [0.1, 0.15) is 19.3 Å². The Morgan fingerprint density at radius 2 is 2.11 bits per heavy atom. The van der Waals surface area contributed by atoms with Crippen molar-refractivity contribution in [3.63, 3.8) is 0 Å². The number of piperazine rings is 1. The minimum atomic E-state index is 0.526. The van der Waals surface area contributed by atoms with Crippen molar-refractivity contribution in [1.29, 1.82) is 0 Å². The molecule has 2 aliphatic rings. The summed E-state index contributed by atoms with van der Waals surface area (Å²) in [4.78, 5) is 13.6. The van der Waals surface area contributed by atoms with E-state index in [9.17, 15) is 0 Å². The number of nitrogen functional groups attached to an aromatic ring is 1. The fourth-order valence-electron chi connectivity index (χ4n) is 2.90. The second-order valence-corrected chi connectivity index (χ2v) is 5.86. The van der Waals surface area contributed by atoms with Gasteiger partial charge in [0, 0.05) is 31.7 Å². The van der Waals surface area contributed by atoms with Crippen LogP contribution < -0.4 is 10.6 Å². The minimum absolute atomic E-state index is 0.526. The average Bonchev–Trinajstić information content (AvgIpc) is 2.37. The highest BCUT2D eigenvalue weighted by Gasteiger charge is 2.29. The van der Waals surface area contributed by atoms with Crippen LogP contribution in [0.15, 0.2) is 10.7 Å². The molecule has 1 aromatic rings. The fraction of sp³-hybridized carbons (Fsp3) is 0.667. The van der Waals surface area contributed by atoms with Crippen LogP contribution >= 0.6 is 15.9 Å². The minimum Gasteiger partial charge on any atom is -0.383 e. The molecule has 0 amide bonds. The number of fused-ring (bicyclic) bond motifs is 1. The molecule has 2 fully saturated rings. The van der Waals surface area contributed by atoms with Gasteiger partial charge in [0.1, 0.15) is 10.4 Å². The van der Waals surface area contributed by atoms with Gasteiger partial charge in [0.15, 0.2) is 0 Å². The highest BCUT2D eigenvalue weighted by molar-refractivity contribution is 9.10. The molecule has 0 saturated carbocycles. The van der Waals surface area contributed by atoms with Crippen molar-refractivity contribution in [2.45, 2.75) is 25.3 Å². The number of hydrogen-bond donors (Lipinski definition) is 1. The summed E-state index contributed by atoms with van der Waals surface area (Å²) in [5.41, 5.74) is 5.78. The Balaban J connectivity index is 1.76. The molecule has 18 heavy (non-hydrogen) atoms. The maximum Gasteiger partial charge on any atom is 0.228 e. The maximum atomic E-state index is 5.78. The normalized spacial score (nSPS) is 24.9. The molecule has 0 spiro atoms. The van der Waals surface area contributed by atoms with Crippen molar-refractivity contribution in [3.05, 3.63) is 10.7 Å². The molecule has 2 N–H and O–H groups in total. The van der Waals surface area contributed by atoms with E-state index in [2.05, 4.69) is 35.7 Å². The molecule has 2 aliphatic heterocycles. The highest BCUT2D eigenvalue weighted by atomic mass is 79.9. The van der Waals surface area contributed by atoms with Crippen molar-refractivity contribution in [3.8, 4) is 0 Å². The van der Waals surface area contributed by atoms with Crippen LogP contribution in [0.25, 0.3) is 0 Å². The maximum absolute atomic E-state index is 5.78. The van der Waals surface area contributed by atoms with E-state index >= 15 is 0 Å². The molecular formula is C12H18BrN5. The molecular weight excluding hydrogens is 294 g/mol. The van der Waals surface area contributed by atoms with Gasteiger partial charge in [-0.15, -0.1) is 0 Å². The number of aromatic nitrogens is 2. The molecule has 6 heteroatoms. The van der Waals surface area contributed by atoms with E-state index in [1.54, 1.807) is 6.07 Å². The summed E-state index contributed by atoms with van der Waals surface area (Å²) in [5, 5.41) is 0. The number of anilines is 2. The van der Waals surface area contributed by atoms with E-state index in [0.717, 1.165) is 30.2 Å². The highest BCUT2D eigenvalue weighted by Crippen LogP contribution is 2.24. The molecule has 3 rings (SSSR count). The number of piperidine rings is 1. The first-order valence-corrected chi connectivity index (χ1v) is 7.31. The number of halogens is 1. The van der Waals surface area contributed by atoms with Gasteiger partial charge in [0.2, 0.25) is 5.95 Å². The van der Waals surface area contributed by atoms with Crippen LogP contribution in [0.4, 0.5) is 11.8 Å². The van der Waals surface area contributed by atoms with Gasteiger partial charge in [0.05, 0.1) is 0 Å². The van der Waals surface area contributed by atoms with Crippen LogP contribution in [-0.4, -0.2) is 47.1 Å². The fourth-order valence-corrected chi connectivity index (χ4v) is 3.29. The Kier molecular flexibility index (Phi) is 3.39. The molecule has 5 nitrogen and oxygen atoms in total. The van der Waals surface area contributed by atoms with Gasteiger partial charge in [-0.2, -0.15) is 4.98 Å². The van der Waals surface area contributed by atoms with E-state index in [1.807, 2.05) is 0 Å². The van der Waals surface area contributed by atoms with Gasteiger partial charge in [-0.05, 0) is 35.3 Å².